The van der Waals surface area contributed by atoms with Crippen LogP contribution in [0.3, 0.4) is 0 Å². The van der Waals surface area contributed by atoms with Crippen molar-refractivity contribution in [1.82, 2.24) is 10.2 Å². The highest BCUT2D eigenvalue weighted by molar-refractivity contribution is 5.81. The van der Waals surface area contributed by atoms with E-state index >= 15 is 0 Å². The van der Waals surface area contributed by atoms with Crippen molar-refractivity contribution in [2.45, 2.75) is 19.6 Å². The highest BCUT2D eigenvalue weighted by atomic mass is 16.5. The van der Waals surface area contributed by atoms with Crippen LogP contribution in [0.5, 0.6) is 5.75 Å². The Morgan fingerprint density at radius 3 is 2.22 bits per heavy atom. The van der Waals surface area contributed by atoms with Crippen LogP contribution in [0.15, 0.2) is 78.9 Å². The van der Waals surface area contributed by atoms with E-state index in [9.17, 15) is 4.79 Å². The van der Waals surface area contributed by atoms with E-state index in [4.69, 9.17) is 4.74 Å². The van der Waals surface area contributed by atoms with E-state index in [-0.39, 0.29) is 5.91 Å². The zero-order valence-corrected chi connectivity index (χ0v) is 18.8. The maximum absolute atomic E-state index is 12.7. The molecule has 1 heterocycles. The lowest BCUT2D eigenvalue weighted by Gasteiger charge is -2.35. The molecule has 1 aliphatic rings. The van der Waals surface area contributed by atoms with E-state index in [1.165, 1.54) is 5.69 Å². The molecule has 0 saturated carbocycles. The van der Waals surface area contributed by atoms with Crippen LogP contribution in [-0.2, 0) is 11.3 Å². The molecule has 0 radical (unpaired) electrons. The SMILES string of the molecule is CC(Oc1ccc(-c2ccccc2)cc1)C(=O)NCc1ccccc1N1CCN(C)CC1. The Balaban J connectivity index is 1.33. The largest absolute Gasteiger partial charge is 0.481 e. The van der Waals surface area contributed by atoms with Crippen molar-refractivity contribution in [1.29, 1.82) is 0 Å². The standard InChI is InChI=1S/C27H31N3O2/c1-21(32-25-14-12-23(13-15-25)22-8-4-3-5-9-22)27(31)28-20-24-10-6-7-11-26(24)30-18-16-29(2)17-19-30/h3-15,21H,16-20H2,1-2H3,(H,28,31). The molecular formula is C27H31N3O2. The zero-order valence-electron chi connectivity index (χ0n) is 18.8. The number of likely N-dealkylation sites (N-methyl/N-ethyl adjacent to an activating group) is 1. The lowest BCUT2D eigenvalue weighted by atomic mass is 10.1. The summed E-state index contributed by atoms with van der Waals surface area (Å²) in [6.45, 7) is 6.37. The van der Waals surface area contributed by atoms with Gasteiger partial charge in [-0.1, -0.05) is 60.7 Å². The van der Waals surface area contributed by atoms with Crippen LogP contribution in [0.1, 0.15) is 12.5 Å². The molecule has 1 fully saturated rings. The summed E-state index contributed by atoms with van der Waals surface area (Å²) in [5, 5.41) is 3.04. The van der Waals surface area contributed by atoms with Crippen LogP contribution in [0.4, 0.5) is 5.69 Å². The Kier molecular flexibility index (Phi) is 7.07. The Labute approximate surface area is 190 Å². The molecule has 3 aromatic rings. The molecule has 1 aliphatic heterocycles. The molecule has 5 heteroatoms. The summed E-state index contributed by atoms with van der Waals surface area (Å²) < 4.78 is 5.89. The summed E-state index contributed by atoms with van der Waals surface area (Å²) in [5.41, 5.74) is 4.61. The number of carbonyl (C=O) groups excluding carboxylic acids is 1. The van der Waals surface area contributed by atoms with Gasteiger partial charge < -0.3 is 19.9 Å². The number of hydrogen-bond donors (Lipinski definition) is 1. The van der Waals surface area contributed by atoms with Gasteiger partial charge in [-0.05, 0) is 48.9 Å². The highest BCUT2D eigenvalue weighted by Crippen LogP contribution is 2.23. The first-order valence-electron chi connectivity index (χ1n) is 11.2. The monoisotopic (exact) mass is 429 g/mol. The number of nitrogens with zero attached hydrogens (tertiary/aromatic N) is 2. The molecule has 32 heavy (non-hydrogen) atoms. The third-order valence-corrected chi connectivity index (χ3v) is 5.93. The summed E-state index contributed by atoms with van der Waals surface area (Å²) >= 11 is 0. The van der Waals surface area contributed by atoms with Gasteiger partial charge in [0, 0.05) is 38.4 Å². The molecule has 166 valence electrons. The molecule has 1 amide bonds. The molecule has 1 unspecified atom stereocenters. The number of piperazine rings is 1. The number of amides is 1. The van der Waals surface area contributed by atoms with Gasteiger partial charge in [0.1, 0.15) is 5.75 Å². The molecule has 5 nitrogen and oxygen atoms in total. The minimum Gasteiger partial charge on any atom is -0.481 e. The normalized spacial score (nSPS) is 15.2. The van der Waals surface area contributed by atoms with Crippen LogP contribution in [0.25, 0.3) is 11.1 Å². The number of ether oxygens (including phenoxy) is 1. The van der Waals surface area contributed by atoms with Gasteiger partial charge >= 0.3 is 0 Å². The lowest BCUT2D eigenvalue weighted by Crippen LogP contribution is -2.45. The molecule has 4 rings (SSSR count). The van der Waals surface area contributed by atoms with Crippen molar-refractivity contribution < 1.29 is 9.53 Å². The number of rotatable bonds is 7. The Hall–Kier alpha value is -3.31. The summed E-state index contributed by atoms with van der Waals surface area (Å²) in [5.74, 6) is 0.565. The molecule has 1 atom stereocenters. The molecule has 0 aliphatic carbocycles. The highest BCUT2D eigenvalue weighted by Gasteiger charge is 2.18. The van der Waals surface area contributed by atoms with Crippen LogP contribution in [-0.4, -0.2) is 50.1 Å². The maximum Gasteiger partial charge on any atom is 0.261 e. The summed E-state index contributed by atoms with van der Waals surface area (Å²) in [4.78, 5) is 17.4. The van der Waals surface area contributed by atoms with Gasteiger partial charge in [0.05, 0.1) is 0 Å². The Bertz CT molecular complexity index is 1010. The van der Waals surface area contributed by atoms with Gasteiger partial charge in [-0.2, -0.15) is 0 Å². The van der Waals surface area contributed by atoms with Crippen LogP contribution in [0, 0.1) is 0 Å². The Morgan fingerprint density at radius 2 is 1.50 bits per heavy atom. The smallest absolute Gasteiger partial charge is 0.261 e. The van der Waals surface area contributed by atoms with Crippen molar-refractivity contribution in [3.8, 4) is 16.9 Å². The summed E-state index contributed by atoms with van der Waals surface area (Å²) in [6, 6.07) is 26.4. The van der Waals surface area contributed by atoms with Crippen molar-refractivity contribution >= 4 is 11.6 Å². The minimum atomic E-state index is -0.576. The predicted octanol–water partition coefficient (Wildman–Crippen LogP) is 4.19. The second kappa shape index (κ2) is 10.3. The summed E-state index contributed by atoms with van der Waals surface area (Å²) in [6.07, 6.45) is -0.576. The van der Waals surface area contributed by atoms with E-state index in [2.05, 4.69) is 52.5 Å². The molecule has 0 aromatic heterocycles. The second-order valence-electron chi connectivity index (χ2n) is 8.29. The number of nitrogens with one attached hydrogen (secondary N) is 1. The van der Waals surface area contributed by atoms with E-state index in [0.717, 1.165) is 42.9 Å². The number of carbonyl (C=O) groups is 1. The fourth-order valence-corrected chi connectivity index (χ4v) is 3.96. The van der Waals surface area contributed by atoms with Crippen molar-refractivity contribution in [2.75, 3.05) is 38.1 Å². The average Bonchev–Trinajstić information content (AvgIpc) is 2.84. The van der Waals surface area contributed by atoms with E-state index in [1.807, 2.05) is 48.5 Å². The summed E-state index contributed by atoms with van der Waals surface area (Å²) in [7, 11) is 2.15. The van der Waals surface area contributed by atoms with Crippen LogP contribution < -0.4 is 15.0 Å². The quantitative estimate of drug-likeness (QED) is 0.612. The molecular weight excluding hydrogens is 398 g/mol. The minimum absolute atomic E-state index is 0.120. The topological polar surface area (TPSA) is 44.8 Å². The van der Waals surface area contributed by atoms with Gasteiger partial charge in [0.2, 0.25) is 0 Å². The number of benzene rings is 3. The second-order valence-corrected chi connectivity index (χ2v) is 8.29. The van der Waals surface area contributed by atoms with Gasteiger partial charge in [-0.15, -0.1) is 0 Å². The molecule has 3 aromatic carbocycles. The van der Waals surface area contributed by atoms with Gasteiger partial charge in [0.25, 0.3) is 5.91 Å². The molecule has 0 spiro atoms. The number of hydrogen-bond acceptors (Lipinski definition) is 4. The Morgan fingerprint density at radius 1 is 0.875 bits per heavy atom. The van der Waals surface area contributed by atoms with Gasteiger partial charge in [-0.3, -0.25) is 4.79 Å². The number of anilines is 1. The lowest BCUT2D eigenvalue weighted by molar-refractivity contribution is -0.127. The zero-order chi connectivity index (χ0) is 22.3. The third kappa shape index (κ3) is 5.48. The van der Waals surface area contributed by atoms with Crippen molar-refractivity contribution in [2.24, 2.45) is 0 Å². The van der Waals surface area contributed by atoms with Gasteiger partial charge in [-0.25, -0.2) is 0 Å². The van der Waals surface area contributed by atoms with Crippen molar-refractivity contribution in [3.63, 3.8) is 0 Å². The number of para-hydroxylation sites is 1. The van der Waals surface area contributed by atoms with Crippen molar-refractivity contribution in [3.05, 3.63) is 84.4 Å². The van der Waals surface area contributed by atoms with Gasteiger partial charge in [0.15, 0.2) is 6.10 Å². The predicted molar refractivity (Wildman–Crippen MR) is 130 cm³/mol. The third-order valence-electron chi connectivity index (χ3n) is 5.93. The van der Waals surface area contributed by atoms with Crippen LogP contribution in [0.2, 0.25) is 0 Å². The van der Waals surface area contributed by atoms with Crippen LogP contribution >= 0.6 is 0 Å². The van der Waals surface area contributed by atoms with E-state index in [0.29, 0.717) is 12.3 Å². The first kappa shape index (κ1) is 21.9. The van der Waals surface area contributed by atoms with E-state index in [1.54, 1.807) is 6.92 Å². The molecule has 1 N–H and O–H groups in total. The first-order chi connectivity index (χ1) is 15.6. The average molecular weight is 430 g/mol. The van der Waals surface area contributed by atoms with E-state index < -0.39 is 6.10 Å². The molecule has 1 saturated heterocycles. The maximum atomic E-state index is 12.7. The first-order valence-corrected chi connectivity index (χ1v) is 11.2. The fourth-order valence-electron chi connectivity index (χ4n) is 3.96. The molecule has 0 bridgehead atoms. The fraction of sp³-hybridized carbons (Fsp3) is 0.296.